The van der Waals surface area contributed by atoms with E-state index in [0.717, 1.165) is 12.1 Å². The van der Waals surface area contributed by atoms with Crippen LogP contribution in [0.5, 0.6) is 0 Å². The summed E-state index contributed by atoms with van der Waals surface area (Å²) in [5.41, 5.74) is 0.106. The van der Waals surface area contributed by atoms with Gasteiger partial charge in [-0.1, -0.05) is 0 Å². The van der Waals surface area contributed by atoms with Crippen LogP contribution in [0.4, 0.5) is 8.78 Å². The van der Waals surface area contributed by atoms with Gasteiger partial charge in [0.2, 0.25) is 0 Å². The maximum atomic E-state index is 13.0. The molecular weight excluding hydrogens is 178 g/mol. The molecule has 0 saturated heterocycles. The molecule has 0 aliphatic heterocycles. The molecule has 0 atom stereocenters. The Morgan fingerprint density at radius 1 is 1.23 bits per heavy atom. The first-order chi connectivity index (χ1) is 6.19. The average molecular weight is 188 g/mol. The van der Waals surface area contributed by atoms with Gasteiger partial charge in [0.1, 0.15) is 11.6 Å². The molecule has 0 fully saturated rings. The number of halogens is 2. The summed E-state index contributed by atoms with van der Waals surface area (Å²) in [6.45, 7) is -0.482. The standard InChI is InChI=1S/C9H10F2O2/c1-13-5-7-3-8(10)6(4-12)2-9(7)11/h2-3,12H,4-5H2,1H3. The molecule has 0 aliphatic rings. The summed E-state index contributed by atoms with van der Waals surface area (Å²) in [4.78, 5) is 0. The second-order valence-corrected chi connectivity index (χ2v) is 2.63. The molecule has 0 aromatic heterocycles. The Morgan fingerprint density at radius 3 is 2.31 bits per heavy atom. The van der Waals surface area contributed by atoms with Gasteiger partial charge in [-0.3, -0.25) is 0 Å². The summed E-state index contributed by atoms with van der Waals surface area (Å²) in [7, 11) is 1.40. The van der Waals surface area contributed by atoms with Crippen LogP contribution in [0.2, 0.25) is 0 Å². The first-order valence-electron chi connectivity index (χ1n) is 3.75. The number of aliphatic hydroxyl groups is 1. The van der Waals surface area contributed by atoms with E-state index in [1.807, 2.05) is 0 Å². The van der Waals surface area contributed by atoms with E-state index in [-0.39, 0.29) is 17.7 Å². The number of benzene rings is 1. The van der Waals surface area contributed by atoms with E-state index in [1.165, 1.54) is 7.11 Å². The predicted molar refractivity (Wildman–Crippen MR) is 43.0 cm³/mol. The van der Waals surface area contributed by atoms with Crippen molar-refractivity contribution in [3.05, 3.63) is 34.9 Å². The lowest BCUT2D eigenvalue weighted by atomic mass is 10.1. The number of hydrogen-bond donors (Lipinski definition) is 1. The van der Waals surface area contributed by atoms with E-state index < -0.39 is 18.2 Å². The number of ether oxygens (including phenoxy) is 1. The number of hydrogen-bond acceptors (Lipinski definition) is 2. The fourth-order valence-electron chi connectivity index (χ4n) is 1.02. The summed E-state index contributed by atoms with van der Waals surface area (Å²) in [6, 6.07) is 2.01. The Hall–Kier alpha value is -1.00. The highest BCUT2D eigenvalue weighted by molar-refractivity contribution is 5.25. The summed E-state index contributed by atoms with van der Waals surface area (Å²) >= 11 is 0. The minimum Gasteiger partial charge on any atom is -0.392 e. The van der Waals surface area contributed by atoms with Gasteiger partial charge in [0.25, 0.3) is 0 Å². The highest BCUT2D eigenvalue weighted by Gasteiger charge is 2.08. The second kappa shape index (κ2) is 4.30. The van der Waals surface area contributed by atoms with Gasteiger partial charge in [0, 0.05) is 18.2 Å². The molecule has 0 radical (unpaired) electrons. The fourth-order valence-corrected chi connectivity index (χ4v) is 1.02. The zero-order valence-electron chi connectivity index (χ0n) is 7.18. The Morgan fingerprint density at radius 2 is 1.77 bits per heavy atom. The van der Waals surface area contributed by atoms with Crippen LogP contribution in [0.3, 0.4) is 0 Å². The van der Waals surface area contributed by atoms with Crippen molar-refractivity contribution in [1.29, 1.82) is 0 Å². The monoisotopic (exact) mass is 188 g/mol. The van der Waals surface area contributed by atoms with Crippen LogP contribution >= 0.6 is 0 Å². The Bertz CT molecular complexity index is 300. The highest BCUT2D eigenvalue weighted by atomic mass is 19.1. The molecule has 1 aromatic rings. The van der Waals surface area contributed by atoms with E-state index in [2.05, 4.69) is 4.74 Å². The Kier molecular flexibility index (Phi) is 3.33. The third kappa shape index (κ3) is 2.23. The summed E-state index contributed by atoms with van der Waals surface area (Å²) in [5, 5.41) is 8.63. The first-order valence-corrected chi connectivity index (χ1v) is 3.75. The topological polar surface area (TPSA) is 29.5 Å². The number of rotatable bonds is 3. The van der Waals surface area contributed by atoms with Gasteiger partial charge in [-0.15, -0.1) is 0 Å². The quantitative estimate of drug-likeness (QED) is 0.780. The first kappa shape index (κ1) is 10.1. The Labute approximate surface area is 74.8 Å². The molecule has 0 spiro atoms. The minimum absolute atomic E-state index is 0.0223. The van der Waals surface area contributed by atoms with E-state index in [4.69, 9.17) is 5.11 Å². The molecule has 13 heavy (non-hydrogen) atoms. The third-order valence-electron chi connectivity index (χ3n) is 1.69. The largest absolute Gasteiger partial charge is 0.392 e. The summed E-state index contributed by atoms with van der Waals surface area (Å²) < 4.78 is 30.7. The van der Waals surface area contributed by atoms with Crippen molar-refractivity contribution in [3.8, 4) is 0 Å². The molecule has 0 unspecified atom stereocenters. The van der Waals surface area contributed by atoms with Crippen LogP contribution in [0, 0.1) is 11.6 Å². The van der Waals surface area contributed by atoms with Crippen molar-refractivity contribution in [2.45, 2.75) is 13.2 Å². The molecular formula is C9H10F2O2. The van der Waals surface area contributed by atoms with Crippen molar-refractivity contribution >= 4 is 0 Å². The van der Waals surface area contributed by atoms with E-state index >= 15 is 0 Å². The van der Waals surface area contributed by atoms with Gasteiger partial charge in [-0.25, -0.2) is 8.78 Å². The SMILES string of the molecule is COCc1cc(F)c(CO)cc1F. The fraction of sp³-hybridized carbons (Fsp3) is 0.333. The molecule has 4 heteroatoms. The normalized spacial score (nSPS) is 10.5. The van der Waals surface area contributed by atoms with Crippen molar-refractivity contribution in [3.63, 3.8) is 0 Å². The average Bonchev–Trinajstić information content (AvgIpc) is 2.11. The molecule has 2 nitrogen and oxygen atoms in total. The zero-order chi connectivity index (χ0) is 9.84. The highest BCUT2D eigenvalue weighted by Crippen LogP contribution is 2.15. The van der Waals surface area contributed by atoms with Crippen LogP contribution in [0.25, 0.3) is 0 Å². The molecule has 0 aliphatic carbocycles. The number of aliphatic hydroxyl groups excluding tert-OH is 1. The molecule has 1 rings (SSSR count). The molecule has 0 bridgehead atoms. The molecule has 0 amide bonds. The van der Waals surface area contributed by atoms with E-state index in [9.17, 15) is 8.78 Å². The van der Waals surface area contributed by atoms with Crippen molar-refractivity contribution in [2.75, 3.05) is 7.11 Å². The van der Waals surface area contributed by atoms with Gasteiger partial charge >= 0.3 is 0 Å². The lowest BCUT2D eigenvalue weighted by molar-refractivity contribution is 0.180. The van der Waals surface area contributed by atoms with Gasteiger partial charge in [-0.05, 0) is 12.1 Å². The van der Waals surface area contributed by atoms with E-state index in [1.54, 1.807) is 0 Å². The van der Waals surface area contributed by atoms with Gasteiger partial charge in [-0.2, -0.15) is 0 Å². The van der Waals surface area contributed by atoms with Crippen LogP contribution in [0.15, 0.2) is 12.1 Å². The lowest BCUT2D eigenvalue weighted by Crippen LogP contribution is -1.98. The predicted octanol–water partition coefficient (Wildman–Crippen LogP) is 1.60. The zero-order valence-corrected chi connectivity index (χ0v) is 7.18. The van der Waals surface area contributed by atoms with Crippen molar-refractivity contribution < 1.29 is 18.6 Å². The van der Waals surface area contributed by atoms with Gasteiger partial charge < -0.3 is 9.84 Å². The Balaban J connectivity index is 3.05. The van der Waals surface area contributed by atoms with Gasteiger partial charge in [0.05, 0.1) is 13.2 Å². The maximum absolute atomic E-state index is 13.0. The van der Waals surface area contributed by atoms with Crippen LogP contribution in [-0.4, -0.2) is 12.2 Å². The molecule has 72 valence electrons. The maximum Gasteiger partial charge on any atom is 0.129 e. The second-order valence-electron chi connectivity index (χ2n) is 2.63. The molecule has 1 N–H and O–H groups in total. The molecule has 0 heterocycles. The summed E-state index contributed by atoms with van der Waals surface area (Å²) in [6.07, 6.45) is 0. The van der Waals surface area contributed by atoms with E-state index in [0.29, 0.717) is 0 Å². The van der Waals surface area contributed by atoms with Crippen LogP contribution in [0.1, 0.15) is 11.1 Å². The van der Waals surface area contributed by atoms with Crippen molar-refractivity contribution in [2.24, 2.45) is 0 Å². The smallest absolute Gasteiger partial charge is 0.129 e. The van der Waals surface area contributed by atoms with Crippen molar-refractivity contribution in [1.82, 2.24) is 0 Å². The minimum atomic E-state index is -0.615. The lowest BCUT2D eigenvalue weighted by Gasteiger charge is -2.04. The summed E-state index contributed by atoms with van der Waals surface area (Å²) in [5.74, 6) is -1.18. The molecule has 0 saturated carbocycles. The van der Waals surface area contributed by atoms with Gasteiger partial charge in [0.15, 0.2) is 0 Å². The van der Waals surface area contributed by atoms with Crippen LogP contribution < -0.4 is 0 Å². The number of methoxy groups -OCH3 is 1. The molecule has 1 aromatic carbocycles. The third-order valence-corrected chi connectivity index (χ3v) is 1.69. The van der Waals surface area contributed by atoms with Crippen LogP contribution in [-0.2, 0) is 18.0 Å².